The molecule has 0 unspecified atom stereocenters. The van der Waals surface area contributed by atoms with Crippen molar-refractivity contribution < 1.29 is 27.0 Å². The number of carbonyl (C=O) groups is 3. The fourth-order valence-corrected chi connectivity index (χ4v) is 3.86. The van der Waals surface area contributed by atoms with Gasteiger partial charge in [-0.3, -0.25) is 20.2 Å². The zero-order chi connectivity index (χ0) is 21.3. The molecule has 0 radical (unpaired) electrons. The number of carbonyl (C=O) groups excluding carboxylic acids is 3. The van der Waals surface area contributed by atoms with Gasteiger partial charge in [0.05, 0.1) is 0 Å². The first kappa shape index (κ1) is 19.3. The summed E-state index contributed by atoms with van der Waals surface area (Å²) in [7, 11) is -4.05. The van der Waals surface area contributed by atoms with Gasteiger partial charge in [-0.1, -0.05) is 42.5 Å². The second-order valence-electron chi connectivity index (χ2n) is 6.41. The Morgan fingerprint density at radius 1 is 0.767 bits per heavy atom. The number of fused-ring (bicyclic) bond motifs is 1. The van der Waals surface area contributed by atoms with E-state index in [4.69, 9.17) is 4.18 Å². The molecule has 9 heteroatoms. The molecule has 3 aromatic carbocycles. The molecule has 1 saturated heterocycles. The van der Waals surface area contributed by atoms with Crippen molar-refractivity contribution in [1.82, 2.24) is 10.6 Å². The molecule has 0 aliphatic carbocycles. The van der Waals surface area contributed by atoms with Gasteiger partial charge in [-0.15, -0.1) is 0 Å². The maximum absolute atomic E-state index is 12.6. The van der Waals surface area contributed by atoms with Crippen LogP contribution in [0.4, 0.5) is 4.79 Å². The monoisotopic (exact) mass is 422 g/mol. The zero-order valence-electron chi connectivity index (χ0n) is 15.3. The maximum atomic E-state index is 12.6. The van der Waals surface area contributed by atoms with Crippen molar-refractivity contribution in [3.63, 3.8) is 0 Å². The van der Waals surface area contributed by atoms with Crippen LogP contribution in [-0.4, -0.2) is 26.3 Å². The van der Waals surface area contributed by atoms with Gasteiger partial charge in [-0.2, -0.15) is 8.42 Å². The molecule has 1 aliphatic rings. The van der Waals surface area contributed by atoms with Gasteiger partial charge in [-0.25, -0.2) is 4.79 Å². The molecule has 3 aromatic rings. The van der Waals surface area contributed by atoms with Gasteiger partial charge in [0, 0.05) is 0 Å². The fourth-order valence-electron chi connectivity index (χ4n) is 2.89. The van der Waals surface area contributed by atoms with Crippen LogP contribution in [0, 0.1) is 0 Å². The quantitative estimate of drug-likeness (QED) is 0.379. The Kier molecular flexibility index (Phi) is 4.80. The molecular weight excluding hydrogens is 408 g/mol. The third-order valence-electron chi connectivity index (χ3n) is 4.35. The third kappa shape index (κ3) is 3.91. The van der Waals surface area contributed by atoms with Gasteiger partial charge in [-0.05, 0) is 46.7 Å². The first-order valence-corrected chi connectivity index (χ1v) is 10.1. The van der Waals surface area contributed by atoms with Crippen LogP contribution in [-0.2, 0) is 19.7 Å². The van der Waals surface area contributed by atoms with E-state index in [1.54, 1.807) is 6.07 Å². The van der Waals surface area contributed by atoms with E-state index in [1.807, 2.05) is 34.9 Å². The van der Waals surface area contributed by atoms with Crippen molar-refractivity contribution in [2.75, 3.05) is 0 Å². The summed E-state index contributed by atoms with van der Waals surface area (Å²) in [6, 6.07) is 16.9. The summed E-state index contributed by atoms with van der Waals surface area (Å²) in [5, 5.41) is 5.62. The van der Waals surface area contributed by atoms with Gasteiger partial charge < -0.3 is 4.18 Å². The summed E-state index contributed by atoms with van der Waals surface area (Å²) in [5.41, 5.74) is 0.201. The minimum Gasteiger partial charge on any atom is -0.379 e. The number of barbiturate groups is 1. The van der Waals surface area contributed by atoms with Crippen LogP contribution < -0.4 is 14.8 Å². The number of nitrogens with one attached hydrogen (secondary N) is 2. The topological polar surface area (TPSA) is 119 Å². The normalized spacial score (nSPS) is 14.3. The van der Waals surface area contributed by atoms with E-state index in [1.165, 1.54) is 42.5 Å². The summed E-state index contributed by atoms with van der Waals surface area (Å²) in [4.78, 5) is 34.6. The second-order valence-corrected chi connectivity index (χ2v) is 7.96. The van der Waals surface area contributed by atoms with Crippen molar-refractivity contribution in [2.24, 2.45) is 0 Å². The van der Waals surface area contributed by atoms with Gasteiger partial charge in [0.1, 0.15) is 16.2 Å². The smallest absolute Gasteiger partial charge is 0.339 e. The minimum absolute atomic E-state index is 0.0209. The molecule has 30 heavy (non-hydrogen) atoms. The Hall–Kier alpha value is -3.98. The zero-order valence-corrected chi connectivity index (χ0v) is 16.1. The molecule has 4 amide bonds. The maximum Gasteiger partial charge on any atom is 0.339 e. The molecule has 0 spiro atoms. The number of rotatable bonds is 4. The van der Waals surface area contributed by atoms with Crippen LogP contribution in [0.15, 0.2) is 77.2 Å². The van der Waals surface area contributed by atoms with Crippen LogP contribution in [0.5, 0.6) is 5.75 Å². The Morgan fingerprint density at radius 2 is 1.40 bits per heavy atom. The van der Waals surface area contributed by atoms with Crippen LogP contribution >= 0.6 is 0 Å². The Bertz CT molecular complexity index is 1310. The van der Waals surface area contributed by atoms with E-state index in [0.29, 0.717) is 5.56 Å². The second kappa shape index (κ2) is 7.45. The molecule has 0 saturated carbocycles. The molecule has 1 fully saturated rings. The van der Waals surface area contributed by atoms with Crippen LogP contribution in [0.25, 0.3) is 16.8 Å². The highest BCUT2D eigenvalue weighted by Crippen LogP contribution is 2.23. The molecule has 1 aliphatic heterocycles. The first-order chi connectivity index (χ1) is 14.3. The Labute approximate surface area is 171 Å². The molecule has 1 heterocycles. The Morgan fingerprint density at radius 3 is 2.07 bits per heavy atom. The molecule has 150 valence electrons. The highest BCUT2D eigenvalue weighted by Gasteiger charge is 2.27. The lowest BCUT2D eigenvalue weighted by molar-refractivity contribution is -0.123. The number of hydrogen-bond acceptors (Lipinski definition) is 6. The first-order valence-electron chi connectivity index (χ1n) is 8.73. The molecule has 4 rings (SSSR count). The average Bonchev–Trinajstić information content (AvgIpc) is 2.71. The number of benzene rings is 3. The average molecular weight is 422 g/mol. The predicted octanol–water partition coefficient (Wildman–Crippen LogP) is 2.36. The van der Waals surface area contributed by atoms with E-state index < -0.39 is 28.0 Å². The van der Waals surface area contributed by atoms with E-state index in [-0.39, 0.29) is 16.2 Å². The minimum atomic E-state index is -4.05. The van der Waals surface area contributed by atoms with Crippen molar-refractivity contribution in [1.29, 1.82) is 0 Å². The fraction of sp³-hybridized carbons (Fsp3) is 0. The van der Waals surface area contributed by atoms with Gasteiger partial charge in [0.15, 0.2) is 0 Å². The van der Waals surface area contributed by atoms with E-state index in [2.05, 4.69) is 0 Å². The number of amides is 4. The van der Waals surface area contributed by atoms with Crippen LogP contribution in [0.2, 0.25) is 0 Å². The summed E-state index contributed by atoms with van der Waals surface area (Å²) in [6.45, 7) is 0. The van der Waals surface area contributed by atoms with E-state index in [9.17, 15) is 22.8 Å². The van der Waals surface area contributed by atoms with Gasteiger partial charge in [0.2, 0.25) is 0 Å². The molecule has 0 aromatic heterocycles. The van der Waals surface area contributed by atoms with Gasteiger partial charge >= 0.3 is 16.1 Å². The van der Waals surface area contributed by atoms with Gasteiger partial charge in [0.25, 0.3) is 11.8 Å². The summed E-state index contributed by atoms with van der Waals surface area (Å²) < 4.78 is 30.4. The Balaban J connectivity index is 1.55. The third-order valence-corrected chi connectivity index (χ3v) is 5.59. The van der Waals surface area contributed by atoms with Crippen LogP contribution in [0.1, 0.15) is 5.56 Å². The number of urea groups is 1. The van der Waals surface area contributed by atoms with Crippen molar-refractivity contribution in [3.05, 3.63) is 77.9 Å². The van der Waals surface area contributed by atoms with Crippen molar-refractivity contribution in [2.45, 2.75) is 4.90 Å². The van der Waals surface area contributed by atoms with E-state index in [0.717, 1.165) is 10.8 Å². The molecule has 0 atom stereocenters. The largest absolute Gasteiger partial charge is 0.379 e. The highest BCUT2D eigenvalue weighted by molar-refractivity contribution is 7.87. The lowest BCUT2D eigenvalue weighted by atomic mass is 10.1. The SMILES string of the molecule is O=C1NC(=O)C(=Cc2ccc(OS(=O)(=O)c3ccc4ccccc4c3)cc2)C(=O)N1. The molecule has 2 N–H and O–H groups in total. The summed E-state index contributed by atoms with van der Waals surface area (Å²) in [5.74, 6) is -1.57. The van der Waals surface area contributed by atoms with Crippen LogP contribution in [0.3, 0.4) is 0 Å². The van der Waals surface area contributed by atoms with E-state index >= 15 is 0 Å². The van der Waals surface area contributed by atoms with Crippen molar-refractivity contribution in [3.8, 4) is 5.75 Å². The molecular formula is C21H14N2O6S. The number of hydrogen-bond donors (Lipinski definition) is 2. The lowest BCUT2D eigenvalue weighted by Crippen LogP contribution is -2.51. The lowest BCUT2D eigenvalue weighted by Gasteiger charge is -2.14. The summed E-state index contributed by atoms with van der Waals surface area (Å²) >= 11 is 0. The number of imide groups is 2. The molecule has 0 bridgehead atoms. The predicted molar refractivity (Wildman–Crippen MR) is 108 cm³/mol. The van der Waals surface area contributed by atoms with Crippen molar-refractivity contribution >= 4 is 44.8 Å². The highest BCUT2D eigenvalue weighted by atomic mass is 32.2. The standard InChI is InChI=1S/C21H14N2O6S/c24-19-18(20(25)23-21(26)22-19)11-13-5-8-16(9-6-13)29-30(27,28)17-10-7-14-3-1-2-4-15(14)12-17/h1-12H,(H2,22,23,24,25,26). The summed E-state index contributed by atoms with van der Waals surface area (Å²) in [6.07, 6.45) is 1.28. The molecule has 8 nitrogen and oxygen atoms in total.